The van der Waals surface area contributed by atoms with Gasteiger partial charge in [-0.15, -0.1) is 5.10 Å². The number of aromatic nitrogens is 5. The minimum atomic E-state index is -0.480. The molecule has 4 aromatic rings. The Hall–Kier alpha value is -3.55. The molecule has 0 radical (unpaired) electrons. The first kappa shape index (κ1) is 18.8. The van der Waals surface area contributed by atoms with Crippen LogP contribution in [-0.2, 0) is 6.54 Å². The molecular formula is C21H21FN6O. The maximum absolute atomic E-state index is 14.3. The maximum Gasteiger partial charge on any atom is 0.257 e. The lowest BCUT2D eigenvalue weighted by Gasteiger charge is -2.09. The highest BCUT2D eigenvalue weighted by molar-refractivity contribution is 6.13. The van der Waals surface area contributed by atoms with Crippen LogP contribution in [0.3, 0.4) is 0 Å². The molecule has 2 aromatic heterocycles. The standard InChI is InChI=1S/C21H21FN6O/c1-13(2)11-27-12-17(16-6-4-5-7-19(16)27)21(29)23-15-8-9-18(22)20(10-15)28-14(3)24-25-26-28/h4-10,12-13H,11H2,1-3H3,(H,23,29). The predicted octanol–water partition coefficient (Wildman–Crippen LogP) is 3.97. The summed E-state index contributed by atoms with van der Waals surface area (Å²) < 4.78 is 17.7. The van der Waals surface area contributed by atoms with Crippen LogP contribution in [0.5, 0.6) is 0 Å². The normalized spacial score (nSPS) is 11.3. The van der Waals surface area contributed by atoms with Crippen LogP contribution in [-0.4, -0.2) is 30.7 Å². The highest BCUT2D eigenvalue weighted by Gasteiger charge is 2.17. The van der Waals surface area contributed by atoms with E-state index in [-0.39, 0.29) is 11.6 Å². The van der Waals surface area contributed by atoms with E-state index in [1.54, 1.807) is 6.92 Å². The molecule has 0 aliphatic heterocycles. The minimum Gasteiger partial charge on any atom is -0.346 e. The van der Waals surface area contributed by atoms with E-state index in [1.807, 2.05) is 30.5 Å². The highest BCUT2D eigenvalue weighted by Crippen LogP contribution is 2.25. The topological polar surface area (TPSA) is 77.6 Å². The summed E-state index contributed by atoms with van der Waals surface area (Å²) in [4.78, 5) is 13.0. The van der Waals surface area contributed by atoms with Crippen molar-refractivity contribution >= 4 is 22.5 Å². The molecule has 7 nitrogen and oxygen atoms in total. The first-order valence-electron chi connectivity index (χ1n) is 9.38. The van der Waals surface area contributed by atoms with Crippen molar-refractivity contribution in [1.29, 1.82) is 0 Å². The molecule has 8 heteroatoms. The van der Waals surface area contributed by atoms with Gasteiger partial charge in [-0.2, -0.15) is 4.68 Å². The van der Waals surface area contributed by atoms with E-state index in [0.717, 1.165) is 17.4 Å². The van der Waals surface area contributed by atoms with E-state index < -0.39 is 5.82 Å². The van der Waals surface area contributed by atoms with E-state index in [4.69, 9.17) is 0 Å². The number of fused-ring (bicyclic) bond motifs is 1. The summed E-state index contributed by atoms with van der Waals surface area (Å²) >= 11 is 0. The van der Waals surface area contributed by atoms with Gasteiger partial charge < -0.3 is 9.88 Å². The number of hydrogen-bond acceptors (Lipinski definition) is 4. The summed E-state index contributed by atoms with van der Waals surface area (Å²) in [5.41, 5.74) is 2.22. The number of hydrogen-bond donors (Lipinski definition) is 1. The number of carbonyl (C=O) groups is 1. The monoisotopic (exact) mass is 392 g/mol. The van der Waals surface area contributed by atoms with E-state index in [9.17, 15) is 9.18 Å². The van der Waals surface area contributed by atoms with Crippen LogP contribution < -0.4 is 5.32 Å². The quantitative estimate of drug-likeness (QED) is 0.557. The van der Waals surface area contributed by atoms with Gasteiger partial charge in [0.2, 0.25) is 0 Å². The fourth-order valence-electron chi connectivity index (χ4n) is 3.38. The lowest BCUT2D eigenvalue weighted by atomic mass is 10.1. The fourth-order valence-corrected chi connectivity index (χ4v) is 3.38. The SMILES string of the molecule is Cc1nnnn1-c1cc(NC(=O)c2cn(CC(C)C)c3ccccc23)ccc1F. The van der Waals surface area contributed by atoms with Gasteiger partial charge in [0.05, 0.1) is 5.56 Å². The number of carbonyl (C=O) groups excluding carboxylic acids is 1. The summed E-state index contributed by atoms with van der Waals surface area (Å²) in [7, 11) is 0. The molecule has 0 fully saturated rings. The van der Waals surface area contributed by atoms with E-state index in [0.29, 0.717) is 23.0 Å². The van der Waals surface area contributed by atoms with Crippen LogP contribution in [0.4, 0.5) is 10.1 Å². The number of tetrazole rings is 1. The van der Waals surface area contributed by atoms with Crippen LogP contribution in [0.15, 0.2) is 48.7 Å². The van der Waals surface area contributed by atoms with Gasteiger partial charge in [-0.25, -0.2) is 4.39 Å². The summed E-state index contributed by atoms with van der Waals surface area (Å²) in [6, 6.07) is 12.1. The van der Waals surface area contributed by atoms with E-state index in [1.165, 1.54) is 22.9 Å². The number of amides is 1. The molecule has 2 aromatic carbocycles. The van der Waals surface area contributed by atoms with E-state index >= 15 is 0 Å². The van der Waals surface area contributed by atoms with Gasteiger partial charge in [-0.1, -0.05) is 32.0 Å². The molecule has 0 spiro atoms. The van der Waals surface area contributed by atoms with Crippen LogP contribution >= 0.6 is 0 Å². The van der Waals surface area contributed by atoms with Gasteiger partial charge in [-0.05, 0) is 47.5 Å². The molecule has 2 heterocycles. The molecule has 148 valence electrons. The molecule has 0 saturated heterocycles. The Morgan fingerprint density at radius 3 is 2.72 bits per heavy atom. The third-order valence-electron chi connectivity index (χ3n) is 4.65. The van der Waals surface area contributed by atoms with Gasteiger partial charge in [0.1, 0.15) is 11.5 Å². The Morgan fingerprint density at radius 2 is 2.00 bits per heavy atom. The lowest BCUT2D eigenvalue weighted by Crippen LogP contribution is -2.13. The largest absolute Gasteiger partial charge is 0.346 e. The Morgan fingerprint density at radius 1 is 1.21 bits per heavy atom. The first-order valence-corrected chi connectivity index (χ1v) is 9.38. The molecule has 0 unspecified atom stereocenters. The zero-order chi connectivity index (χ0) is 20.5. The zero-order valence-corrected chi connectivity index (χ0v) is 16.4. The van der Waals surface area contributed by atoms with E-state index in [2.05, 4.69) is 39.3 Å². The summed E-state index contributed by atoms with van der Waals surface area (Å²) in [5.74, 6) is 0.159. The third kappa shape index (κ3) is 3.61. The van der Waals surface area contributed by atoms with Gasteiger partial charge in [0, 0.05) is 29.3 Å². The van der Waals surface area contributed by atoms with Crippen LogP contribution in [0, 0.1) is 18.7 Å². The van der Waals surface area contributed by atoms with Crippen molar-refractivity contribution in [3.05, 3.63) is 65.9 Å². The van der Waals surface area contributed by atoms with Crippen molar-refractivity contribution in [2.45, 2.75) is 27.3 Å². The Balaban J connectivity index is 1.68. The van der Waals surface area contributed by atoms with Crippen molar-refractivity contribution in [1.82, 2.24) is 24.8 Å². The van der Waals surface area contributed by atoms with Crippen molar-refractivity contribution in [2.75, 3.05) is 5.32 Å². The summed E-state index contributed by atoms with van der Waals surface area (Å²) in [5, 5.41) is 14.9. The highest BCUT2D eigenvalue weighted by atomic mass is 19.1. The zero-order valence-electron chi connectivity index (χ0n) is 16.4. The number of para-hydroxylation sites is 1. The Labute approximate surface area is 167 Å². The number of aryl methyl sites for hydroxylation is 1. The molecule has 0 atom stereocenters. The average molecular weight is 392 g/mol. The number of benzene rings is 2. The molecule has 0 aliphatic rings. The number of nitrogens with zero attached hydrogens (tertiary/aromatic N) is 5. The molecule has 4 rings (SSSR count). The third-order valence-corrected chi connectivity index (χ3v) is 4.65. The first-order chi connectivity index (χ1) is 13.9. The van der Waals surface area contributed by atoms with Crippen LogP contribution in [0.1, 0.15) is 30.0 Å². The Bertz CT molecular complexity index is 1190. The smallest absolute Gasteiger partial charge is 0.257 e. The maximum atomic E-state index is 14.3. The van der Waals surface area contributed by atoms with Crippen molar-refractivity contribution in [3.63, 3.8) is 0 Å². The van der Waals surface area contributed by atoms with Crippen LogP contribution in [0.2, 0.25) is 0 Å². The second-order valence-electron chi connectivity index (χ2n) is 7.36. The summed E-state index contributed by atoms with van der Waals surface area (Å²) in [6.07, 6.45) is 1.87. The number of halogens is 1. The van der Waals surface area contributed by atoms with Crippen molar-refractivity contribution in [2.24, 2.45) is 5.92 Å². The Kier molecular flexibility index (Phi) is 4.84. The van der Waals surface area contributed by atoms with Gasteiger partial charge in [0.15, 0.2) is 5.82 Å². The second kappa shape index (κ2) is 7.46. The minimum absolute atomic E-state index is 0.174. The average Bonchev–Trinajstić information content (AvgIpc) is 3.27. The molecule has 0 saturated carbocycles. The molecular weight excluding hydrogens is 371 g/mol. The van der Waals surface area contributed by atoms with Crippen molar-refractivity contribution < 1.29 is 9.18 Å². The molecule has 0 bridgehead atoms. The van der Waals surface area contributed by atoms with Gasteiger partial charge in [-0.3, -0.25) is 4.79 Å². The number of rotatable bonds is 5. The number of anilines is 1. The second-order valence-corrected chi connectivity index (χ2v) is 7.36. The fraction of sp³-hybridized carbons (Fsp3) is 0.238. The molecule has 1 amide bonds. The van der Waals surface area contributed by atoms with Crippen LogP contribution in [0.25, 0.3) is 16.6 Å². The summed E-state index contributed by atoms with van der Waals surface area (Å²) in [6.45, 7) is 6.76. The molecule has 29 heavy (non-hydrogen) atoms. The predicted molar refractivity (Wildman–Crippen MR) is 109 cm³/mol. The lowest BCUT2D eigenvalue weighted by molar-refractivity contribution is 0.102. The van der Waals surface area contributed by atoms with Gasteiger partial charge in [0.25, 0.3) is 5.91 Å². The van der Waals surface area contributed by atoms with Crippen molar-refractivity contribution in [3.8, 4) is 5.69 Å². The van der Waals surface area contributed by atoms with Gasteiger partial charge >= 0.3 is 0 Å². The molecule has 1 N–H and O–H groups in total. The molecule has 0 aliphatic carbocycles. The number of nitrogens with one attached hydrogen (secondary N) is 1.